The SMILES string of the molecule is CC(CCCN)C(=O)NCCC(=O)N1CCOCC1. The first-order valence-electron chi connectivity index (χ1n) is 6.98. The number of ether oxygens (including phenoxy) is 1. The van der Waals surface area contributed by atoms with Crippen LogP contribution in [0.1, 0.15) is 26.2 Å². The van der Waals surface area contributed by atoms with Gasteiger partial charge in [0.2, 0.25) is 11.8 Å². The Bertz CT molecular complexity index is 291. The predicted octanol–water partition coefficient (Wildman–Crippen LogP) is -0.273. The van der Waals surface area contributed by atoms with Crippen molar-refractivity contribution in [3.8, 4) is 0 Å². The number of rotatable bonds is 7. The molecule has 2 amide bonds. The maximum atomic E-state index is 11.8. The van der Waals surface area contributed by atoms with Crippen molar-refractivity contribution < 1.29 is 14.3 Å². The predicted molar refractivity (Wildman–Crippen MR) is 72.5 cm³/mol. The summed E-state index contributed by atoms with van der Waals surface area (Å²) in [7, 11) is 0. The quantitative estimate of drug-likeness (QED) is 0.667. The molecule has 1 heterocycles. The summed E-state index contributed by atoms with van der Waals surface area (Å²) >= 11 is 0. The van der Waals surface area contributed by atoms with Crippen molar-refractivity contribution in [2.45, 2.75) is 26.2 Å². The second-order valence-corrected chi connectivity index (χ2v) is 4.87. The lowest BCUT2D eigenvalue weighted by atomic mass is 10.1. The van der Waals surface area contributed by atoms with Crippen molar-refractivity contribution >= 4 is 11.8 Å². The van der Waals surface area contributed by atoms with E-state index in [2.05, 4.69) is 5.32 Å². The van der Waals surface area contributed by atoms with Crippen molar-refractivity contribution in [2.75, 3.05) is 39.4 Å². The molecular formula is C13H25N3O3. The van der Waals surface area contributed by atoms with Gasteiger partial charge < -0.3 is 20.7 Å². The Morgan fingerprint density at radius 3 is 2.68 bits per heavy atom. The molecule has 0 saturated carbocycles. The fourth-order valence-electron chi connectivity index (χ4n) is 1.99. The molecule has 1 atom stereocenters. The molecule has 6 nitrogen and oxygen atoms in total. The van der Waals surface area contributed by atoms with E-state index >= 15 is 0 Å². The number of amides is 2. The van der Waals surface area contributed by atoms with Crippen LogP contribution < -0.4 is 11.1 Å². The molecule has 0 aromatic rings. The third kappa shape index (κ3) is 6.02. The molecule has 0 aliphatic carbocycles. The fraction of sp³-hybridized carbons (Fsp3) is 0.846. The smallest absolute Gasteiger partial charge is 0.224 e. The van der Waals surface area contributed by atoms with Gasteiger partial charge >= 0.3 is 0 Å². The summed E-state index contributed by atoms with van der Waals surface area (Å²) < 4.78 is 5.19. The fourth-order valence-corrected chi connectivity index (χ4v) is 1.99. The minimum absolute atomic E-state index is 0.00299. The maximum Gasteiger partial charge on any atom is 0.224 e. The van der Waals surface area contributed by atoms with E-state index in [1.165, 1.54) is 0 Å². The van der Waals surface area contributed by atoms with Gasteiger partial charge in [0.15, 0.2) is 0 Å². The van der Waals surface area contributed by atoms with Crippen molar-refractivity contribution in [3.05, 3.63) is 0 Å². The number of nitrogens with two attached hydrogens (primary N) is 1. The van der Waals surface area contributed by atoms with Gasteiger partial charge in [0.1, 0.15) is 0 Å². The highest BCUT2D eigenvalue weighted by Gasteiger charge is 2.17. The van der Waals surface area contributed by atoms with Gasteiger partial charge in [-0.15, -0.1) is 0 Å². The summed E-state index contributed by atoms with van der Waals surface area (Å²) in [4.78, 5) is 25.3. The lowest BCUT2D eigenvalue weighted by Gasteiger charge is -2.26. The number of hydrogen-bond acceptors (Lipinski definition) is 4. The number of nitrogens with one attached hydrogen (secondary N) is 1. The van der Waals surface area contributed by atoms with Crippen LogP contribution in [0.25, 0.3) is 0 Å². The van der Waals surface area contributed by atoms with Crippen LogP contribution >= 0.6 is 0 Å². The largest absolute Gasteiger partial charge is 0.378 e. The molecule has 1 saturated heterocycles. The zero-order valence-corrected chi connectivity index (χ0v) is 11.7. The van der Waals surface area contributed by atoms with E-state index in [9.17, 15) is 9.59 Å². The second kappa shape index (κ2) is 8.87. The van der Waals surface area contributed by atoms with Crippen molar-refractivity contribution in [1.82, 2.24) is 10.2 Å². The summed E-state index contributed by atoms with van der Waals surface area (Å²) in [6.45, 7) is 5.41. The van der Waals surface area contributed by atoms with E-state index in [4.69, 9.17) is 10.5 Å². The third-order valence-electron chi connectivity index (χ3n) is 3.29. The standard InChI is InChI=1S/C13H25N3O3/c1-11(3-2-5-14)13(18)15-6-4-12(17)16-7-9-19-10-8-16/h11H,2-10,14H2,1H3,(H,15,18). The van der Waals surface area contributed by atoms with Gasteiger partial charge in [0.05, 0.1) is 13.2 Å². The van der Waals surface area contributed by atoms with Gasteiger partial charge in [0.25, 0.3) is 0 Å². The molecule has 1 fully saturated rings. The summed E-state index contributed by atoms with van der Waals surface area (Å²) in [5, 5.41) is 2.80. The number of carbonyl (C=O) groups is 2. The average Bonchev–Trinajstić information content (AvgIpc) is 2.45. The zero-order valence-electron chi connectivity index (χ0n) is 11.7. The number of morpholine rings is 1. The minimum Gasteiger partial charge on any atom is -0.378 e. The van der Waals surface area contributed by atoms with Crippen molar-refractivity contribution in [1.29, 1.82) is 0 Å². The van der Waals surface area contributed by atoms with Gasteiger partial charge in [0, 0.05) is 32.0 Å². The summed E-state index contributed by atoms with van der Waals surface area (Å²) in [6.07, 6.45) is 2.00. The van der Waals surface area contributed by atoms with E-state index in [1.807, 2.05) is 6.92 Å². The molecular weight excluding hydrogens is 246 g/mol. The second-order valence-electron chi connectivity index (χ2n) is 4.87. The van der Waals surface area contributed by atoms with E-state index in [1.54, 1.807) is 4.90 Å². The monoisotopic (exact) mass is 271 g/mol. The highest BCUT2D eigenvalue weighted by Crippen LogP contribution is 2.04. The highest BCUT2D eigenvalue weighted by molar-refractivity contribution is 5.80. The van der Waals surface area contributed by atoms with Crippen LogP contribution in [0.5, 0.6) is 0 Å². The Morgan fingerprint density at radius 2 is 2.05 bits per heavy atom. The van der Waals surface area contributed by atoms with Gasteiger partial charge in [-0.2, -0.15) is 0 Å². The Balaban J connectivity index is 2.14. The Kier molecular flexibility index (Phi) is 7.43. The molecule has 1 rings (SSSR count). The number of nitrogens with zero attached hydrogens (tertiary/aromatic N) is 1. The van der Waals surface area contributed by atoms with Gasteiger partial charge in [-0.3, -0.25) is 9.59 Å². The van der Waals surface area contributed by atoms with Crippen molar-refractivity contribution in [3.63, 3.8) is 0 Å². The molecule has 0 aromatic carbocycles. The average molecular weight is 271 g/mol. The lowest BCUT2D eigenvalue weighted by molar-refractivity contribution is -0.135. The number of carbonyl (C=O) groups excluding carboxylic acids is 2. The van der Waals surface area contributed by atoms with E-state index < -0.39 is 0 Å². The summed E-state index contributed by atoms with van der Waals surface area (Å²) in [5.41, 5.74) is 5.41. The molecule has 3 N–H and O–H groups in total. The van der Waals surface area contributed by atoms with Crippen molar-refractivity contribution in [2.24, 2.45) is 11.7 Å². The molecule has 0 radical (unpaired) electrons. The van der Waals surface area contributed by atoms with Crippen LogP contribution in [-0.2, 0) is 14.3 Å². The van der Waals surface area contributed by atoms with Gasteiger partial charge in [-0.1, -0.05) is 6.92 Å². The molecule has 0 spiro atoms. The van der Waals surface area contributed by atoms with Crippen LogP contribution in [0.15, 0.2) is 0 Å². The van der Waals surface area contributed by atoms with Crippen LogP contribution in [0.3, 0.4) is 0 Å². The first-order valence-corrected chi connectivity index (χ1v) is 6.98. The first-order chi connectivity index (χ1) is 9.15. The minimum atomic E-state index is -0.0398. The van der Waals surface area contributed by atoms with Crippen LogP contribution in [-0.4, -0.2) is 56.1 Å². The third-order valence-corrected chi connectivity index (χ3v) is 3.29. The van der Waals surface area contributed by atoms with E-state index in [0.717, 1.165) is 12.8 Å². The normalized spacial score (nSPS) is 17.1. The topological polar surface area (TPSA) is 84.7 Å². The molecule has 110 valence electrons. The van der Waals surface area contributed by atoms with E-state index in [-0.39, 0.29) is 17.7 Å². The molecule has 1 unspecified atom stereocenters. The van der Waals surface area contributed by atoms with Gasteiger partial charge in [-0.25, -0.2) is 0 Å². The summed E-state index contributed by atoms with van der Waals surface area (Å²) in [6, 6.07) is 0. The molecule has 19 heavy (non-hydrogen) atoms. The first kappa shape index (κ1) is 15.9. The van der Waals surface area contributed by atoms with E-state index in [0.29, 0.717) is 45.8 Å². The molecule has 0 bridgehead atoms. The Hall–Kier alpha value is -1.14. The Labute approximate surface area is 114 Å². The highest BCUT2D eigenvalue weighted by atomic mass is 16.5. The number of hydrogen-bond donors (Lipinski definition) is 2. The van der Waals surface area contributed by atoms with Crippen LogP contribution in [0, 0.1) is 5.92 Å². The molecule has 1 aliphatic rings. The van der Waals surface area contributed by atoms with Crippen LogP contribution in [0.4, 0.5) is 0 Å². The zero-order chi connectivity index (χ0) is 14.1. The molecule has 6 heteroatoms. The molecule has 1 aliphatic heterocycles. The maximum absolute atomic E-state index is 11.8. The summed E-state index contributed by atoms with van der Waals surface area (Å²) in [5.74, 6) is 0.0449. The lowest BCUT2D eigenvalue weighted by Crippen LogP contribution is -2.42. The van der Waals surface area contributed by atoms with Gasteiger partial charge in [-0.05, 0) is 19.4 Å². The molecule has 0 aromatic heterocycles. The van der Waals surface area contributed by atoms with Crippen LogP contribution in [0.2, 0.25) is 0 Å². The Morgan fingerprint density at radius 1 is 1.37 bits per heavy atom.